The lowest BCUT2D eigenvalue weighted by Crippen LogP contribution is -2.27. The van der Waals surface area contributed by atoms with Crippen LogP contribution in [-0.4, -0.2) is 5.78 Å². The van der Waals surface area contributed by atoms with E-state index in [9.17, 15) is 9.18 Å². The van der Waals surface area contributed by atoms with Gasteiger partial charge in [0.2, 0.25) is 0 Å². The van der Waals surface area contributed by atoms with Gasteiger partial charge in [0, 0.05) is 6.42 Å². The van der Waals surface area contributed by atoms with Gasteiger partial charge in [-0.2, -0.15) is 0 Å². The normalized spacial score (nSPS) is 22.2. The fraction of sp³-hybridized carbons (Fsp3) is 0.417. The van der Waals surface area contributed by atoms with Crippen LogP contribution in [0, 0.1) is 5.82 Å². The molecular weight excluding hydrogens is 179 g/mol. The fourth-order valence-electron chi connectivity index (χ4n) is 2.55. The van der Waals surface area contributed by atoms with E-state index in [1.54, 1.807) is 12.1 Å². The summed E-state index contributed by atoms with van der Waals surface area (Å²) in [5.41, 5.74) is 1.94. The van der Waals surface area contributed by atoms with Crippen molar-refractivity contribution >= 4 is 5.78 Å². The lowest BCUT2D eigenvalue weighted by Gasteiger charge is -2.23. The highest BCUT2D eigenvalue weighted by molar-refractivity contribution is 5.95. The predicted molar refractivity (Wildman–Crippen MR) is 50.6 cm³/mol. The van der Waals surface area contributed by atoms with E-state index in [0.717, 1.165) is 24.0 Å². The van der Waals surface area contributed by atoms with E-state index in [4.69, 9.17) is 0 Å². The van der Waals surface area contributed by atoms with Gasteiger partial charge < -0.3 is 0 Å². The first kappa shape index (κ1) is 8.16. The standard InChI is InChI=1S/C12H11FO/c13-9-2-3-10-8(7-9)1-4-11(14)12(10)5-6-12/h2-3,7H,1,4-6H2. The third-order valence-corrected chi connectivity index (χ3v) is 3.49. The average molecular weight is 190 g/mol. The van der Waals surface area contributed by atoms with Gasteiger partial charge in [-0.1, -0.05) is 6.07 Å². The molecule has 0 atom stereocenters. The molecule has 2 aliphatic rings. The number of hydrogen-bond acceptors (Lipinski definition) is 1. The number of halogens is 1. The molecule has 1 aromatic rings. The van der Waals surface area contributed by atoms with E-state index in [1.165, 1.54) is 6.07 Å². The van der Waals surface area contributed by atoms with Crippen LogP contribution in [0.1, 0.15) is 30.4 Å². The number of carbonyl (C=O) groups excluding carboxylic acids is 1. The van der Waals surface area contributed by atoms with Crippen LogP contribution >= 0.6 is 0 Å². The zero-order valence-electron chi connectivity index (χ0n) is 7.85. The molecule has 3 rings (SSSR count). The number of carbonyl (C=O) groups is 1. The van der Waals surface area contributed by atoms with Gasteiger partial charge >= 0.3 is 0 Å². The van der Waals surface area contributed by atoms with Crippen molar-refractivity contribution in [3.05, 3.63) is 35.1 Å². The molecule has 0 amide bonds. The molecule has 0 aromatic heterocycles. The summed E-state index contributed by atoms with van der Waals surface area (Å²) < 4.78 is 13.0. The maximum absolute atomic E-state index is 13.0. The highest BCUT2D eigenvalue weighted by atomic mass is 19.1. The second-order valence-corrected chi connectivity index (χ2v) is 4.31. The highest BCUT2D eigenvalue weighted by Crippen LogP contribution is 2.53. The number of hydrogen-bond donors (Lipinski definition) is 0. The van der Waals surface area contributed by atoms with Crippen molar-refractivity contribution in [2.45, 2.75) is 31.1 Å². The van der Waals surface area contributed by atoms with Gasteiger partial charge in [0.15, 0.2) is 0 Å². The van der Waals surface area contributed by atoms with Crippen molar-refractivity contribution in [3.63, 3.8) is 0 Å². The summed E-state index contributed by atoms with van der Waals surface area (Å²) in [5.74, 6) is 0.172. The molecule has 1 fully saturated rings. The van der Waals surface area contributed by atoms with Gasteiger partial charge in [0.25, 0.3) is 0 Å². The van der Waals surface area contributed by atoms with Crippen LogP contribution in [0.5, 0.6) is 0 Å². The molecule has 1 spiro atoms. The first-order chi connectivity index (χ1) is 6.72. The Balaban J connectivity index is 2.18. The highest BCUT2D eigenvalue weighted by Gasteiger charge is 2.52. The minimum absolute atomic E-state index is 0.186. The van der Waals surface area contributed by atoms with Crippen LogP contribution in [0.15, 0.2) is 18.2 Å². The van der Waals surface area contributed by atoms with Gasteiger partial charge in [-0.3, -0.25) is 4.79 Å². The summed E-state index contributed by atoms with van der Waals surface area (Å²) in [7, 11) is 0. The number of rotatable bonds is 0. The van der Waals surface area contributed by atoms with Crippen LogP contribution in [0.25, 0.3) is 0 Å². The molecule has 2 aliphatic carbocycles. The molecule has 14 heavy (non-hydrogen) atoms. The third-order valence-electron chi connectivity index (χ3n) is 3.49. The molecule has 0 aliphatic heterocycles. The Morgan fingerprint density at radius 3 is 2.71 bits per heavy atom. The summed E-state index contributed by atoms with van der Waals surface area (Å²) in [5, 5.41) is 0. The Labute approximate surface area is 81.9 Å². The molecular formula is C12H11FO. The van der Waals surface area contributed by atoms with Crippen molar-refractivity contribution in [1.29, 1.82) is 0 Å². The molecule has 1 aromatic carbocycles. The predicted octanol–water partition coefficient (Wildman–Crippen LogP) is 2.37. The Hall–Kier alpha value is -1.18. The summed E-state index contributed by atoms with van der Waals surface area (Å²) in [6.07, 6.45) is 3.24. The zero-order valence-corrected chi connectivity index (χ0v) is 7.85. The van der Waals surface area contributed by atoms with Gasteiger partial charge in [-0.05, 0) is 42.5 Å². The summed E-state index contributed by atoms with van der Waals surface area (Å²) in [4.78, 5) is 11.7. The molecule has 0 heterocycles. The summed E-state index contributed by atoms with van der Waals surface area (Å²) in [6, 6.07) is 4.86. The van der Waals surface area contributed by atoms with Gasteiger partial charge in [0.1, 0.15) is 11.6 Å². The lowest BCUT2D eigenvalue weighted by molar-refractivity contribution is -0.121. The van der Waals surface area contributed by atoms with Gasteiger partial charge in [0.05, 0.1) is 5.41 Å². The van der Waals surface area contributed by atoms with E-state index in [2.05, 4.69) is 0 Å². The molecule has 0 unspecified atom stereocenters. The van der Waals surface area contributed by atoms with E-state index in [-0.39, 0.29) is 11.2 Å². The minimum atomic E-state index is -0.193. The first-order valence-corrected chi connectivity index (χ1v) is 5.05. The van der Waals surface area contributed by atoms with E-state index in [0.29, 0.717) is 18.6 Å². The van der Waals surface area contributed by atoms with Gasteiger partial charge in [-0.15, -0.1) is 0 Å². The zero-order chi connectivity index (χ0) is 9.76. The SMILES string of the molecule is O=C1CCc2cc(F)ccc2C12CC2. The number of Topliss-reactive ketones (excluding diaryl/α,β-unsaturated/α-hetero) is 1. The molecule has 0 saturated heterocycles. The Bertz CT molecular complexity index is 418. The van der Waals surface area contributed by atoms with Crippen LogP contribution in [0.4, 0.5) is 4.39 Å². The maximum Gasteiger partial charge on any atom is 0.143 e. The maximum atomic E-state index is 13.0. The minimum Gasteiger partial charge on any atom is -0.299 e. The summed E-state index contributed by atoms with van der Waals surface area (Å²) >= 11 is 0. The largest absolute Gasteiger partial charge is 0.299 e. The van der Waals surface area contributed by atoms with Crippen molar-refractivity contribution < 1.29 is 9.18 Å². The lowest BCUT2D eigenvalue weighted by atomic mass is 9.79. The quantitative estimate of drug-likeness (QED) is 0.613. The van der Waals surface area contributed by atoms with Crippen molar-refractivity contribution in [1.82, 2.24) is 0 Å². The van der Waals surface area contributed by atoms with E-state index < -0.39 is 0 Å². The summed E-state index contributed by atoms with van der Waals surface area (Å²) in [6.45, 7) is 0. The smallest absolute Gasteiger partial charge is 0.143 e. The second kappa shape index (κ2) is 2.44. The average Bonchev–Trinajstić information content (AvgIpc) is 2.94. The van der Waals surface area contributed by atoms with Crippen LogP contribution in [0.3, 0.4) is 0 Å². The Morgan fingerprint density at radius 1 is 1.21 bits per heavy atom. The molecule has 1 nitrogen and oxygen atoms in total. The number of aryl methyl sites for hydroxylation is 1. The Morgan fingerprint density at radius 2 is 2.00 bits per heavy atom. The van der Waals surface area contributed by atoms with Crippen molar-refractivity contribution in [2.75, 3.05) is 0 Å². The van der Waals surface area contributed by atoms with Gasteiger partial charge in [-0.25, -0.2) is 4.39 Å². The van der Waals surface area contributed by atoms with Crippen LogP contribution in [-0.2, 0) is 16.6 Å². The molecule has 0 radical (unpaired) electrons. The molecule has 72 valence electrons. The first-order valence-electron chi connectivity index (χ1n) is 5.05. The number of ketones is 1. The monoisotopic (exact) mass is 190 g/mol. The molecule has 0 N–H and O–H groups in total. The van der Waals surface area contributed by atoms with Crippen molar-refractivity contribution in [3.8, 4) is 0 Å². The van der Waals surface area contributed by atoms with Crippen LogP contribution in [0.2, 0.25) is 0 Å². The fourth-order valence-corrected chi connectivity index (χ4v) is 2.55. The molecule has 2 heteroatoms. The van der Waals surface area contributed by atoms with E-state index >= 15 is 0 Å². The molecule has 0 bridgehead atoms. The number of fused-ring (bicyclic) bond motifs is 2. The number of benzene rings is 1. The topological polar surface area (TPSA) is 17.1 Å². The molecule has 1 saturated carbocycles. The van der Waals surface area contributed by atoms with Crippen LogP contribution < -0.4 is 0 Å². The second-order valence-electron chi connectivity index (χ2n) is 4.31. The Kier molecular flexibility index (Phi) is 1.42. The van der Waals surface area contributed by atoms with E-state index in [1.807, 2.05) is 0 Å². The van der Waals surface area contributed by atoms with Crippen molar-refractivity contribution in [2.24, 2.45) is 0 Å². The third kappa shape index (κ3) is 0.912.